The van der Waals surface area contributed by atoms with Gasteiger partial charge in [0, 0.05) is 32.0 Å². The summed E-state index contributed by atoms with van der Waals surface area (Å²) in [6.45, 7) is 0.495. The molecule has 0 atom stereocenters. The second-order valence-corrected chi connectivity index (χ2v) is 8.72. The summed E-state index contributed by atoms with van der Waals surface area (Å²) in [6, 6.07) is 8.00. The minimum Gasteiger partial charge on any atom is -0.463 e. The van der Waals surface area contributed by atoms with Crippen LogP contribution in [0.15, 0.2) is 41.3 Å². The molecule has 2 aromatic rings. The van der Waals surface area contributed by atoms with Crippen LogP contribution < -0.4 is 10.1 Å². The van der Waals surface area contributed by atoms with Gasteiger partial charge >= 0.3 is 5.97 Å². The Morgan fingerprint density at radius 3 is 2.55 bits per heavy atom. The number of nitro groups is 1. The van der Waals surface area contributed by atoms with Gasteiger partial charge in [-0.3, -0.25) is 14.9 Å². The molecular formula is C19H21ClN2O8S. The summed E-state index contributed by atoms with van der Waals surface area (Å²) in [5, 5.41) is 14.2. The molecule has 0 unspecified atom stereocenters. The first-order valence-electron chi connectivity index (χ1n) is 8.96. The van der Waals surface area contributed by atoms with E-state index in [-0.39, 0.29) is 59.0 Å². The number of esters is 1. The molecule has 0 aliphatic heterocycles. The van der Waals surface area contributed by atoms with Crippen LogP contribution in [0.2, 0.25) is 5.02 Å². The summed E-state index contributed by atoms with van der Waals surface area (Å²) < 4.78 is 38.6. The SMILES string of the molecule is COCCOC(=O)CCNc1cc(Oc2ccc(S(C)(=O)=O)cc2Cl)ccc1[N+](=O)[O-]. The van der Waals surface area contributed by atoms with Crippen LogP contribution in [0.25, 0.3) is 0 Å². The predicted molar refractivity (Wildman–Crippen MR) is 114 cm³/mol. The fourth-order valence-corrected chi connectivity index (χ4v) is 3.34. The molecule has 0 aliphatic rings. The van der Waals surface area contributed by atoms with Gasteiger partial charge < -0.3 is 19.5 Å². The number of carbonyl (C=O) groups is 1. The molecule has 2 aromatic carbocycles. The van der Waals surface area contributed by atoms with Crippen molar-refractivity contribution in [3.8, 4) is 11.5 Å². The van der Waals surface area contributed by atoms with Crippen molar-refractivity contribution in [2.45, 2.75) is 11.3 Å². The number of nitro benzene ring substituents is 1. The van der Waals surface area contributed by atoms with E-state index in [0.29, 0.717) is 0 Å². The van der Waals surface area contributed by atoms with Crippen molar-refractivity contribution in [2.24, 2.45) is 0 Å². The third-order valence-corrected chi connectivity index (χ3v) is 5.32. The van der Waals surface area contributed by atoms with Crippen molar-refractivity contribution in [1.82, 2.24) is 0 Å². The Kier molecular flexibility index (Phi) is 8.60. The molecule has 0 fully saturated rings. The Hall–Kier alpha value is -2.89. The Labute approximate surface area is 184 Å². The molecule has 2 rings (SSSR count). The normalized spacial score (nSPS) is 11.1. The van der Waals surface area contributed by atoms with Crippen molar-refractivity contribution in [3.63, 3.8) is 0 Å². The summed E-state index contributed by atoms with van der Waals surface area (Å²) in [7, 11) is -1.95. The van der Waals surface area contributed by atoms with Gasteiger partial charge in [0.2, 0.25) is 0 Å². The molecule has 1 N–H and O–H groups in total. The highest BCUT2D eigenvalue weighted by molar-refractivity contribution is 7.90. The maximum absolute atomic E-state index is 11.6. The number of hydrogen-bond acceptors (Lipinski definition) is 9. The van der Waals surface area contributed by atoms with E-state index < -0.39 is 20.7 Å². The number of sulfone groups is 1. The lowest BCUT2D eigenvalue weighted by Gasteiger charge is -2.12. The van der Waals surface area contributed by atoms with Gasteiger partial charge in [0.05, 0.1) is 27.9 Å². The molecule has 0 spiro atoms. The zero-order chi connectivity index (χ0) is 23.0. The molecule has 0 saturated carbocycles. The van der Waals surface area contributed by atoms with E-state index in [1.807, 2.05) is 0 Å². The van der Waals surface area contributed by atoms with Gasteiger partial charge in [0.15, 0.2) is 9.84 Å². The molecule has 31 heavy (non-hydrogen) atoms. The third-order valence-electron chi connectivity index (χ3n) is 3.92. The zero-order valence-corrected chi connectivity index (χ0v) is 18.4. The van der Waals surface area contributed by atoms with E-state index in [2.05, 4.69) is 5.32 Å². The van der Waals surface area contributed by atoms with Crippen LogP contribution in [0.5, 0.6) is 11.5 Å². The number of rotatable bonds is 11. The molecule has 0 aliphatic carbocycles. The summed E-state index contributed by atoms with van der Waals surface area (Å²) in [5.41, 5.74) is -0.0744. The molecule has 0 heterocycles. The highest BCUT2D eigenvalue weighted by Gasteiger charge is 2.17. The molecule has 0 saturated heterocycles. The molecule has 0 aromatic heterocycles. The molecule has 10 nitrogen and oxygen atoms in total. The average Bonchev–Trinajstić information content (AvgIpc) is 2.69. The van der Waals surface area contributed by atoms with Crippen molar-refractivity contribution in [2.75, 3.05) is 38.4 Å². The molecule has 0 bridgehead atoms. The van der Waals surface area contributed by atoms with E-state index in [9.17, 15) is 23.3 Å². The number of halogens is 1. The van der Waals surface area contributed by atoms with Gasteiger partial charge in [0.25, 0.3) is 5.69 Å². The van der Waals surface area contributed by atoms with Gasteiger partial charge in [0.1, 0.15) is 23.8 Å². The number of nitrogens with one attached hydrogen (secondary N) is 1. The van der Waals surface area contributed by atoms with Crippen LogP contribution in [0, 0.1) is 10.1 Å². The van der Waals surface area contributed by atoms with Crippen molar-refractivity contribution < 1.29 is 32.3 Å². The standard InChI is InChI=1S/C19H21ClN2O8S/c1-28-9-10-29-19(23)7-8-21-16-11-13(3-5-17(16)22(24)25)30-18-6-4-14(12-15(18)20)31(2,26)27/h3-6,11-12,21H,7-10H2,1-2H3. The van der Waals surface area contributed by atoms with E-state index >= 15 is 0 Å². The fourth-order valence-electron chi connectivity index (χ4n) is 2.41. The highest BCUT2D eigenvalue weighted by Crippen LogP contribution is 2.35. The minimum absolute atomic E-state index is 0.00919. The smallest absolute Gasteiger partial charge is 0.307 e. The number of benzene rings is 2. The lowest BCUT2D eigenvalue weighted by atomic mass is 10.2. The van der Waals surface area contributed by atoms with Crippen LogP contribution in [0.3, 0.4) is 0 Å². The summed E-state index contributed by atoms with van der Waals surface area (Å²) in [5.74, 6) is -0.0716. The Bertz CT molecular complexity index is 1060. The van der Waals surface area contributed by atoms with E-state index in [0.717, 1.165) is 6.26 Å². The first-order valence-corrected chi connectivity index (χ1v) is 11.2. The Morgan fingerprint density at radius 2 is 1.94 bits per heavy atom. The maximum atomic E-state index is 11.6. The number of ether oxygens (including phenoxy) is 3. The third kappa shape index (κ3) is 7.39. The Morgan fingerprint density at radius 1 is 1.19 bits per heavy atom. The zero-order valence-electron chi connectivity index (χ0n) is 16.8. The summed E-state index contributed by atoms with van der Waals surface area (Å²) in [6.07, 6.45) is 1.05. The minimum atomic E-state index is -3.43. The van der Waals surface area contributed by atoms with E-state index in [1.54, 1.807) is 0 Å². The predicted octanol–water partition coefficient (Wildman–Crippen LogP) is 3.44. The molecular weight excluding hydrogens is 452 g/mol. The van der Waals surface area contributed by atoms with Crippen LogP contribution >= 0.6 is 11.6 Å². The average molecular weight is 473 g/mol. The number of hydrogen-bond donors (Lipinski definition) is 1. The van der Waals surface area contributed by atoms with Crippen molar-refractivity contribution in [1.29, 1.82) is 0 Å². The summed E-state index contributed by atoms with van der Waals surface area (Å²) in [4.78, 5) is 22.4. The van der Waals surface area contributed by atoms with Gasteiger partial charge in [-0.1, -0.05) is 11.6 Å². The molecule has 168 valence electrons. The van der Waals surface area contributed by atoms with Crippen molar-refractivity contribution >= 4 is 38.8 Å². The largest absolute Gasteiger partial charge is 0.463 e. The van der Waals surface area contributed by atoms with Gasteiger partial charge in [-0.05, 0) is 24.3 Å². The molecule has 0 amide bonds. The van der Waals surface area contributed by atoms with Crippen LogP contribution in [-0.2, 0) is 24.1 Å². The van der Waals surface area contributed by atoms with Gasteiger partial charge in [-0.25, -0.2) is 8.42 Å². The van der Waals surface area contributed by atoms with Gasteiger partial charge in [-0.15, -0.1) is 0 Å². The van der Waals surface area contributed by atoms with E-state index in [1.165, 1.54) is 43.5 Å². The molecule has 12 heteroatoms. The molecule has 0 radical (unpaired) electrons. The second kappa shape index (κ2) is 10.9. The second-order valence-electron chi connectivity index (χ2n) is 6.29. The number of nitrogens with zero attached hydrogens (tertiary/aromatic N) is 1. The lowest BCUT2D eigenvalue weighted by molar-refractivity contribution is -0.384. The van der Waals surface area contributed by atoms with Crippen molar-refractivity contribution in [3.05, 3.63) is 51.5 Å². The summed E-state index contributed by atoms with van der Waals surface area (Å²) >= 11 is 6.10. The van der Waals surface area contributed by atoms with Gasteiger partial charge in [-0.2, -0.15) is 0 Å². The monoisotopic (exact) mass is 472 g/mol. The lowest BCUT2D eigenvalue weighted by Crippen LogP contribution is -2.14. The number of carbonyl (C=O) groups excluding carboxylic acids is 1. The number of methoxy groups -OCH3 is 1. The first kappa shape index (κ1) is 24.4. The Balaban J connectivity index is 2.12. The fraction of sp³-hybridized carbons (Fsp3) is 0.316. The topological polar surface area (TPSA) is 134 Å². The highest BCUT2D eigenvalue weighted by atomic mass is 35.5. The number of anilines is 1. The van der Waals surface area contributed by atoms with Crippen LogP contribution in [0.1, 0.15) is 6.42 Å². The van der Waals surface area contributed by atoms with Crippen LogP contribution in [-0.4, -0.2) is 52.4 Å². The van der Waals surface area contributed by atoms with Crippen LogP contribution in [0.4, 0.5) is 11.4 Å². The first-order chi connectivity index (χ1) is 14.6. The quantitative estimate of drug-likeness (QED) is 0.226. The maximum Gasteiger partial charge on any atom is 0.307 e. The van der Waals surface area contributed by atoms with E-state index in [4.69, 9.17) is 25.8 Å².